The molecule has 0 radical (unpaired) electrons. The molecule has 0 unspecified atom stereocenters. The van der Waals surface area contributed by atoms with Crippen molar-refractivity contribution >= 4 is 29.1 Å². The van der Waals surface area contributed by atoms with Crippen LogP contribution in [-0.2, 0) is 4.79 Å². The molecular weight excluding hydrogens is 209 g/mol. The molecule has 1 aliphatic heterocycles. The maximum absolute atomic E-state index is 11.5. The standard InChI is InChI=1S/C9H11Cl2NO/c1-8-5-3-2-4-6(8)9(10,11)7(13)12-8/h2,4,6H,3,5H2,1H3,(H,12,13)/t6-,8+/m0/s1. The van der Waals surface area contributed by atoms with E-state index in [1.165, 1.54) is 0 Å². The zero-order valence-corrected chi connectivity index (χ0v) is 8.82. The van der Waals surface area contributed by atoms with Crippen molar-refractivity contribution in [1.29, 1.82) is 0 Å². The van der Waals surface area contributed by atoms with Gasteiger partial charge in [-0.2, -0.15) is 0 Å². The molecule has 0 saturated carbocycles. The first kappa shape index (κ1) is 9.35. The number of amides is 1. The molecule has 0 bridgehead atoms. The Bertz CT molecular complexity index is 287. The predicted molar refractivity (Wildman–Crippen MR) is 52.8 cm³/mol. The Morgan fingerprint density at radius 3 is 2.92 bits per heavy atom. The van der Waals surface area contributed by atoms with E-state index in [0.717, 1.165) is 12.8 Å². The van der Waals surface area contributed by atoms with Crippen molar-refractivity contribution in [2.24, 2.45) is 5.92 Å². The quantitative estimate of drug-likeness (QED) is 0.491. The number of hydrogen-bond donors (Lipinski definition) is 1. The van der Waals surface area contributed by atoms with Crippen molar-refractivity contribution in [1.82, 2.24) is 5.32 Å². The third kappa shape index (κ3) is 1.19. The van der Waals surface area contributed by atoms with E-state index < -0.39 is 4.33 Å². The highest BCUT2D eigenvalue weighted by atomic mass is 35.5. The molecule has 1 heterocycles. The van der Waals surface area contributed by atoms with Crippen molar-refractivity contribution in [3.63, 3.8) is 0 Å². The molecule has 2 atom stereocenters. The second kappa shape index (κ2) is 2.64. The number of rotatable bonds is 0. The SMILES string of the molecule is C[C@@]12CCC=C[C@@H]1C(Cl)(Cl)C(=O)N2. The van der Waals surface area contributed by atoms with Gasteiger partial charge in [0, 0.05) is 11.5 Å². The van der Waals surface area contributed by atoms with Crippen molar-refractivity contribution in [3.8, 4) is 0 Å². The van der Waals surface area contributed by atoms with Crippen LogP contribution >= 0.6 is 23.2 Å². The third-order valence-corrected chi connectivity index (χ3v) is 3.75. The molecule has 13 heavy (non-hydrogen) atoms. The Morgan fingerprint density at radius 2 is 2.31 bits per heavy atom. The molecule has 1 aliphatic carbocycles. The average Bonchev–Trinajstić information content (AvgIpc) is 2.20. The summed E-state index contributed by atoms with van der Waals surface area (Å²) in [6.45, 7) is 1.99. The van der Waals surface area contributed by atoms with E-state index in [0.29, 0.717) is 0 Å². The smallest absolute Gasteiger partial charge is 0.257 e. The molecular formula is C9H11Cl2NO. The largest absolute Gasteiger partial charge is 0.348 e. The third-order valence-electron chi connectivity index (χ3n) is 2.94. The molecule has 0 aromatic rings. The number of alkyl halides is 2. The zero-order valence-electron chi connectivity index (χ0n) is 7.31. The summed E-state index contributed by atoms with van der Waals surface area (Å²) in [7, 11) is 0. The van der Waals surface area contributed by atoms with Crippen molar-refractivity contribution in [2.75, 3.05) is 0 Å². The maximum Gasteiger partial charge on any atom is 0.257 e. The number of allylic oxidation sites excluding steroid dienone is 1. The summed E-state index contributed by atoms with van der Waals surface area (Å²) < 4.78 is -1.29. The highest BCUT2D eigenvalue weighted by Crippen LogP contribution is 2.47. The lowest BCUT2D eigenvalue weighted by molar-refractivity contribution is -0.120. The normalized spacial score (nSPS) is 41.5. The number of nitrogens with one attached hydrogen (secondary N) is 1. The van der Waals surface area contributed by atoms with Gasteiger partial charge in [-0.1, -0.05) is 35.4 Å². The second-order valence-corrected chi connectivity index (χ2v) is 5.32. The molecule has 2 nitrogen and oxygen atoms in total. The van der Waals surface area contributed by atoms with Crippen molar-refractivity contribution < 1.29 is 4.79 Å². The lowest BCUT2D eigenvalue weighted by atomic mass is 9.79. The highest BCUT2D eigenvalue weighted by molar-refractivity contribution is 6.59. The molecule has 1 amide bonds. The van der Waals surface area contributed by atoms with Crippen LogP contribution in [-0.4, -0.2) is 15.8 Å². The van der Waals surface area contributed by atoms with Crippen LogP contribution in [0.1, 0.15) is 19.8 Å². The van der Waals surface area contributed by atoms with Gasteiger partial charge in [-0.15, -0.1) is 0 Å². The summed E-state index contributed by atoms with van der Waals surface area (Å²) in [6.07, 6.45) is 5.85. The Kier molecular flexibility index (Phi) is 1.90. The Labute approximate surface area is 87.3 Å². The fourth-order valence-electron chi connectivity index (χ4n) is 2.13. The van der Waals surface area contributed by atoms with E-state index >= 15 is 0 Å². The van der Waals surface area contributed by atoms with Gasteiger partial charge in [0.05, 0.1) is 0 Å². The van der Waals surface area contributed by atoms with Crippen molar-refractivity contribution in [2.45, 2.75) is 29.6 Å². The molecule has 0 aromatic heterocycles. The van der Waals surface area contributed by atoms with Gasteiger partial charge < -0.3 is 5.32 Å². The lowest BCUT2D eigenvalue weighted by Gasteiger charge is -2.33. The van der Waals surface area contributed by atoms with Crippen LogP contribution in [0.5, 0.6) is 0 Å². The fourth-order valence-corrected chi connectivity index (χ4v) is 2.85. The first-order valence-corrected chi connectivity index (χ1v) is 5.09. The maximum atomic E-state index is 11.5. The summed E-state index contributed by atoms with van der Waals surface area (Å²) in [4.78, 5) is 11.5. The predicted octanol–water partition coefficient (Wildman–Crippen LogP) is 2.02. The van der Waals surface area contributed by atoms with E-state index in [2.05, 4.69) is 5.32 Å². The summed E-state index contributed by atoms with van der Waals surface area (Å²) in [5.74, 6) is -0.375. The first-order chi connectivity index (χ1) is 5.97. The molecule has 1 saturated heterocycles. The van der Waals surface area contributed by atoms with E-state index in [1.54, 1.807) is 0 Å². The fraction of sp³-hybridized carbons (Fsp3) is 0.667. The minimum atomic E-state index is -1.29. The van der Waals surface area contributed by atoms with Crippen LogP contribution in [0.2, 0.25) is 0 Å². The molecule has 1 N–H and O–H groups in total. The zero-order chi connectivity index (χ0) is 9.69. The number of halogens is 2. The molecule has 1 fully saturated rings. The minimum absolute atomic E-state index is 0.107. The molecule has 4 heteroatoms. The number of carbonyl (C=O) groups excluding carboxylic acids is 1. The van der Waals surface area contributed by atoms with E-state index in [9.17, 15) is 4.79 Å². The van der Waals surface area contributed by atoms with Crippen LogP contribution in [0.3, 0.4) is 0 Å². The lowest BCUT2D eigenvalue weighted by Crippen LogP contribution is -2.43. The van der Waals surface area contributed by atoms with Gasteiger partial charge in [0.25, 0.3) is 5.91 Å². The number of hydrogen-bond acceptors (Lipinski definition) is 1. The molecule has 72 valence electrons. The summed E-state index contributed by atoms with van der Waals surface area (Å²) >= 11 is 12.0. The van der Waals surface area contributed by atoms with Crippen LogP contribution < -0.4 is 5.32 Å². The van der Waals surface area contributed by atoms with E-state index in [4.69, 9.17) is 23.2 Å². The monoisotopic (exact) mass is 219 g/mol. The molecule has 2 rings (SSSR count). The summed E-state index contributed by atoms with van der Waals surface area (Å²) in [5, 5.41) is 2.87. The van der Waals surface area contributed by atoms with E-state index in [1.807, 2.05) is 19.1 Å². The van der Waals surface area contributed by atoms with Crippen LogP contribution in [0.25, 0.3) is 0 Å². The average molecular weight is 220 g/mol. The van der Waals surface area contributed by atoms with Gasteiger partial charge in [-0.3, -0.25) is 4.79 Å². The highest BCUT2D eigenvalue weighted by Gasteiger charge is 2.58. The topological polar surface area (TPSA) is 29.1 Å². The van der Waals surface area contributed by atoms with E-state index in [-0.39, 0.29) is 17.4 Å². The van der Waals surface area contributed by atoms with Gasteiger partial charge in [0.15, 0.2) is 0 Å². The second-order valence-electron chi connectivity index (χ2n) is 3.94. The van der Waals surface area contributed by atoms with Crippen LogP contribution in [0, 0.1) is 5.92 Å². The summed E-state index contributed by atoms with van der Waals surface area (Å²) in [5.41, 5.74) is -0.255. The Balaban J connectivity index is 2.42. The molecule has 2 aliphatic rings. The van der Waals surface area contributed by atoms with Gasteiger partial charge >= 0.3 is 0 Å². The summed E-state index contributed by atoms with van der Waals surface area (Å²) in [6, 6.07) is 0. The first-order valence-electron chi connectivity index (χ1n) is 4.34. The Hall–Kier alpha value is -0.210. The van der Waals surface area contributed by atoms with Crippen molar-refractivity contribution in [3.05, 3.63) is 12.2 Å². The minimum Gasteiger partial charge on any atom is -0.348 e. The van der Waals surface area contributed by atoms with Gasteiger partial charge in [0.1, 0.15) is 0 Å². The number of carbonyl (C=O) groups is 1. The van der Waals surface area contributed by atoms with Gasteiger partial charge in [0.2, 0.25) is 4.33 Å². The van der Waals surface area contributed by atoms with Crippen LogP contribution in [0.15, 0.2) is 12.2 Å². The van der Waals surface area contributed by atoms with Gasteiger partial charge in [-0.25, -0.2) is 0 Å². The molecule has 0 aromatic carbocycles. The van der Waals surface area contributed by atoms with Gasteiger partial charge in [-0.05, 0) is 19.8 Å². The van der Waals surface area contributed by atoms with Crippen LogP contribution in [0.4, 0.5) is 0 Å². The number of fused-ring (bicyclic) bond motifs is 1. The Morgan fingerprint density at radius 1 is 1.62 bits per heavy atom. The molecule has 0 spiro atoms.